The number of benzene rings is 3. The van der Waals surface area contributed by atoms with Gasteiger partial charge in [0.15, 0.2) is 11.2 Å². The molecule has 0 radical (unpaired) electrons. The predicted octanol–water partition coefficient (Wildman–Crippen LogP) is 3.72. The number of non-ortho nitro benzene ring substituents is 1. The van der Waals surface area contributed by atoms with Crippen LogP contribution in [0.2, 0.25) is 0 Å². The molecule has 0 fully saturated rings. The van der Waals surface area contributed by atoms with Crippen molar-refractivity contribution < 1.29 is 14.5 Å². The summed E-state index contributed by atoms with van der Waals surface area (Å²) >= 11 is 0. The number of ketones is 1. The van der Waals surface area contributed by atoms with Gasteiger partial charge in [0.2, 0.25) is 5.91 Å². The van der Waals surface area contributed by atoms with Crippen LogP contribution in [0.3, 0.4) is 0 Å². The fraction of sp³-hybridized carbons (Fsp3) is 0.0476. The predicted molar refractivity (Wildman–Crippen MR) is 99.7 cm³/mol. The van der Waals surface area contributed by atoms with Crippen molar-refractivity contribution in [1.29, 1.82) is 0 Å². The van der Waals surface area contributed by atoms with Crippen LogP contribution in [0.5, 0.6) is 0 Å². The van der Waals surface area contributed by atoms with E-state index in [1.54, 1.807) is 54.6 Å². The molecule has 0 spiro atoms. The fourth-order valence-corrected chi connectivity index (χ4v) is 3.52. The minimum atomic E-state index is -1.61. The second-order valence-electron chi connectivity index (χ2n) is 6.25. The van der Waals surface area contributed by atoms with E-state index in [-0.39, 0.29) is 11.5 Å². The molecule has 0 saturated heterocycles. The first kappa shape index (κ1) is 16.7. The van der Waals surface area contributed by atoms with Gasteiger partial charge in [-0.2, -0.15) is 0 Å². The number of carbonyl (C=O) groups excluding carboxylic acids is 2. The summed E-state index contributed by atoms with van der Waals surface area (Å²) < 4.78 is 0. The van der Waals surface area contributed by atoms with E-state index in [1.165, 1.54) is 24.3 Å². The molecular formula is C21H14N2O4. The zero-order valence-electron chi connectivity index (χ0n) is 14.1. The molecule has 1 amide bonds. The summed E-state index contributed by atoms with van der Waals surface area (Å²) in [7, 11) is 0. The second-order valence-corrected chi connectivity index (χ2v) is 6.25. The number of rotatable bonds is 3. The SMILES string of the molecule is O=C1Nc2ccccc2C(=O)C1(c1ccccc1)c1ccc([N+](=O)[O-])cc1. The van der Waals surface area contributed by atoms with Crippen molar-refractivity contribution in [3.63, 3.8) is 0 Å². The zero-order chi connectivity index (χ0) is 19.0. The van der Waals surface area contributed by atoms with Gasteiger partial charge in [-0.05, 0) is 23.3 Å². The van der Waals surface area contributed by atoms with Crippen LogP contribution in [-0.4, -0.2) is 16.6 Å². The first-order chi connectivity index (χ1) is 13.0. The Labute approximate surface area is 154 Å². The topological polar surface area (TPSA) is 89.3 Å². The molecule has 1 unspecified atom stereocenters. The minimum absolute atomic E-state index is 0.106. The van der Waals surface area contributed by atoms with Crippen molar-refractivity contribution >= 4 is 23.1 Å². The van der Waals surface area contributed by atoms with E-state index in [4.69, 9.17) is 0 Å². The molecule has 0 aliphatic carbocycles. The number of nitrogens with one attached hydrogen (secondary N) is 1. The van der Waals surface area contributed by atoms with Crippen LogP contribution >= 0.6 is 0 Å². The van der Waals surface area contributed by atoms with E-state index in [9.17, 15) is 19.7 Å². The lowest BCUT2D eigenvalue weighted by molar-refractivity contribution is -0.384. The van der Waals surface area contributed by atoms with Crippen molar-refractivity contribution in [2.45, 2.75) is 5.41 Å². The summed E-state index contributed by atoms with van der Waals surface area (Å²) in [4.78, 5) is 37.3. The van der Waals surface area contributed by atoms with E-state index in [2.05, 4.69) is 5.32 Å². The maximum atomic E-state index is 13.6. The van der Waals surface area contributed by atoms with Crippen LogP contribution in [0.25, 0.3) is 0 Å². The molecule has 3 aromatic carbocycles. The van der Waals surface area contributed by atoms with Crippen molar-refractivity contribution in [1.82, 2.24) is 0 Å². The van der Waals surface area contributed by atoms with Gasteiger partial charge in [0, 0.05) is 17.7 Å². The van der Waals surface area contributed by atoms with Gasteiger partial charge in [0.1, 0.15) is 0 Å². The van der Waals surface area contributed by atoms with Gasteiger partial charge in [0.25, 0.3) is 5.69 Å². The van der Waals surface area contributed by atoms with E-state index >= 15 is 0 Å². The third kappa shape index (κ3) is 2.42. The number of anilines is 1. The van der Waals surface area contributed by atoms with Gasteiger partial charge in [-0.15, -0.1) is 0 Å². The van der Waals surface area contributed by atoms with Gasteiger partial charge >= 0.3 is 0 Å². The van der Waals surface area contributed by atoms with Crippen molar-refractivity contribution in [2.24, 2.45) is 0 Å². The average molecular weight is 358 g/mol. The van der Waals surface area contributed by atoms with Crippen LogP contribution in [-0.2, 0) is 10.2 Å². The molecular weight excluding hydrogens is 344 g/mol. The number of hydrogen-bond acceptors (Lipinski definition) is 4. The Balaban J connectivity index is 2.00. The van der Waals surface area contributed by atoms with Crippen LogP contribution in [0.15, 0.2) is 78.9 Å². The highest BCUT2D eigenvalue weighted by molar-refractivity contribution is 6.29. The van der Waals surface area contributed by atoms with Gasteiger partial charge < -0.3 is 5.32 Å². The highest BCUT2D eigenvalue weighted by Crippen LogP contribution is 2.42. The van der Waals surface area contributed by atoms with Gasteiger partial charge in [-0.25, -0.2) is 0 Å². The van der Waals surface area contributed by atoms with E-state index in [0.29, 0.717) is 22.4 Å². The van der Waals surface area contributed by atoms with Gasteiger partial charge in [-0.1, -0.05) is 54.6 Å². The van der Waals surface area contributed by atoms with E-state index in [1.807, 2.05) is 0 Å². The molecule has 0 bridgehead atoms. The highest BCUT2D eigenvalue weighted by Gasteiger charge is 2.52. The van der Waals surface area contributed by atoms with E-state index < -0.39 is 16.2 Å². The first-order valence-corrected chi connectivity index (χ1v) is 8.31. The Bertz CT molecular complexity index is 1060. The monoisotopic (exact) mass is 358 g/mol. The lowest BCUT2D eigenvalue weighted by Crippen LogP contribution is -2.51. The number of carbonyl (C=O) groups is 2. The van der Waals surface area contributed by atoms with Gasteiger partial charge in [0.05, 0.1) is 10.6 Å². The standard InChI is InChI=1S/C21H14N2O4/c24-19-17-8-4-5-9-18(17)22-20(25)21(19,14-6-2-1-3-7-14)15-10-12-16(13-11-15)23(26)27/h1-13H,(H,22,25). The Kier molecular flexibility index (Phi) is 3.81. The molecule has 6 heteroatoms. The molecule has 1 aliphatic heterocycles. The fourth-order valence-electron chi connectivity index (χ4n) is 3.52. The molecule has 1 N–H and O–H groups in total. The van der Waals surface area contributed by atoms with Crippen molar-refractivity contribution in [3.8, 4) is 0 Å². The summed E-state index contributed by atoms with van der Waals surface area (Å²) in [5.41, 5.74) is 0.0449. The first-order valence-electron chi connectivity index (χ1n) is 8.31. The molecule has 132 valence electrons. The number of fused-ring (bicyclic) bond motifs is 1. The number of nitrogens with zero attached hydrogens (tertiary/aromatic N) is 1. The van der Waals surface area contributed by atoms with Crippen LogP contribution in [0.1, 0.15) is 21.5 Å². The summed E-state index contributed by atoms with van der Waals surface area (Å²) in [6.45, 7) is 0. The Morgan fingerprint density at radius 2 is 1.37 bits per heavy atom. The number of Topliss-reactive ketones (excluding diaryl/α,β-unsaturated/α-hetero) is 1. The Morgan fingerprint density at radius 1 is 0.778 bits per heavy atom. The zero-order valence-corrected chi connectivity index (χ0v) is 14.1. The summed E-state index contributed by atoms with van der Waals surface area (Å²) in [6, 6.07) is 21.1. The molecule has 27 heavy (non-hydrogen) atoms. The van der Waals surface area contributed by atoms with Crippen LogP contribution in [0.4, 0.5) is 11.4 Å². The Morgan fingerprint density at radius 3 is 2.04 bits per heavy atom. The number of hydrogen-bond donors (Lipinski definition) is 1. The number of nitro benzene ring substituents is 1. The summed E-state index contributed by atoms with van der Waals surface area (Å²) in [5.74, 6) is -0.840. The van der Waals surface area contributed by atoms with Crippen LogP contribution in [0, 0.1) is 10.1 Å². The maximum Gasteiger partial charge on any atom is 0.269 e. The molecule has 0 aromatic heterocycles. The number of nitro groups is 1. The molecule has 1 atom stereocenters. The third-order valence-electron chi connectivity index (χ3n) is 4.82. The van der Waals surface area contributed by atoms with Gasteiger partial charge in [-0.3, -0.25) is 19.7 Å². The Hall–Kier alpha value is -3.80. The molecule has 3 aromatic rings. The summed E-state index contributed by atoms with van der Waals surface area (Å²) in [6.07, 6.45) is 0. The maximum absolute atomic E-state index is 13.6. The lowest BCUT2D eigenvalue weighted by Gasteiger charge is -2.36. The third-order valence-corrected chi connectivity index (χ3v) is 4.82. The smallest absolute Gasteiger partial charge is 0.269 e. The minimum Gasteiger partial charge on any atom is -0.324 e. The quantitative estimate of drug-likeness (QED) is 0.439. The second kappa shape index (κ2) is 6.17. The summed E-state index contributed by atoms with van der Waals surface area (Å²) in [5, 5.41) is 13.8. The molecule has 6 nitrogen and oxygen atoms in total. The lowest BCUT2D eigenvalue weighted by atomic mass is 9.67. The molecule has 1 heterocycles. The molecule has 4 rings (SSSR count). The normalized spacial score (nSPS) is 18.5. The average Bonchev–Trinajstić information content (AvgIpc) is 2.69. The largest absolute Gasteiger partial charge is 0.324 e. The molecule has 1 aliphatic rings. The van der Waals surface area contributed by atoms with Crippen molar-refractivity contribution in [3.05, 3.63) is 106 Å². The van der Waals surface area contributed by atoms with Crippen LogP contribution < -0.4 is 5.32 Å². The van der Waals surface area contributed by atoms with Crippen molar-refractivity contribution in [2.75, 3.05) is 5.32 Å². The molecule has 0 saturated carbocycles. The number of amides is 1. The number of para-hydroxylation sites is 1. The highest BCUT2D eigenvalue weighted by atomic mass is 16.6. The van der Waals surface area contributed by atoms with E-state index in [0.717, 1.165) is 0 Å².